The quantitative estimate of drug-likeness (QED) is 0.285. The molecule has 0 saturated carbocycles. The van der Waals surface area contributed by atoms with Crippen LogP contribution < -0.4 is 5.32 Å². The Hall–Kier alpha value is -3.38. The molecule has 3 N–H and O–H groups in total. The van der Waals surface area contributed by atoms with Gasteiger partial charge in [0.1, 0.15) is 5.82 Å². The van der Waals surface area contributed by atoms with E-state index in [1.807, 2.05) is 0 Å². The number of halogens is 5. The molecule has 210 valence electrons. The second-order valence-electron chi connectivity index (χ2n) is 8.73. The molecule has 0 aliphatic carbocycles. The molecule has 1 aliphatic heterocycles. The fraction of sp³-hybridized carbons (Fsp3) is 0.400. The summed E-state index contributed by atoms with van der Waals surface area (Å²) >= 11 is 12.0. The molecule has 1 unspecified atom stereocenters. The summed E-state index contributed by atoms with van der Waals surface area (Å²) in [6, 6.07) is 9.06. The van der Waals surface area contributed by atoms with Crippen molar-refractivity contribution in [2.24, 2.45) is 0 Å². The highest BCUT2D eigenvalue weighted by Gasteiger charge is 2.38. The SMILES string of the molecule is O=C(O)C(CCc1nc(CCCc2ccc3c(n2)NCCC3)no1)c1cc(Cl)cc(Cl)c1.O=C(O)C(F)(F)F. The first-order valence-electron chi connectivity index (χ1n) is 12.0. The zero-order chi connectivity index (χ0) is 28.6. The predicted molar refractivity (Wildman–Crippen MR) is 136 cm³/mol. The number of fused-ring (bicyclic) bond motifs is 1. The van der Waals surface area contributed by atoms with Gasteiger partial charge in [0, 0.05) is 35.1 Å². The normalized spacial score (nSPS) is 13.5. The van der Waals surface area contributed by atoms with E-state index in [4.69, 9.17) is 42.6 Å². The summed E-state index contributed by atoms with van der Waals surface area (Å²) in [4.78, 5) is 29.8. The van der Waals surface area contributed by atoms with E-state index in [2.05, 4.69) is 27.6 Å². The minimum absolute atomic E-state index is 0.305. The summed E-state index contributed by atoms with van der Waals surface area (Å²) in [5, 5.41) is 25.0. The third kappa shape index (κ3) is 9.39. The summed E-state index contributed by atoms with van der Waals surface area (Å²) in [6.07, 6.45) is 0.148. The second-order valence-corrected chi connectivity index (χ2v) is 9.61. The Kier molecular flexibility index (Phi) is 10.5. The molecule has 39 heavy (non-hydrogen) atoms. The predicted octanol–water partition coefficient (Wildman–Crippen LogP) is 5.74. The minimum atomic E-state index is -5.08. The topological polar surface area (TPSA) is 138 Å². The van der Waals surface area contributed by atoms with Crippen LogP contribution in [0.5, 0.6) is 0 Å². The molecule has 0 bridgehead atoms. The number of carboxylic acid groups (broad SMARTS) is 2. The van der Waals surface area contributed by atoms with Gasteiger partial charge in [0.15, 0.2) is 5.82 Å². The molecule has 3 heterocycles. The zero-order valence-corrected chi connectivity index (χ0v) is 22.0. The smallest absolute Gasteiger partial charge is 0.481 e. The van der Waals surface area contributed by atoms with Crippen molar-refractivity contribution in [3.05, 3.63) is 68.9 Å². The highest BCUT2D eigenvalue weighted by molar-refractivity contribution is 6.34. The molecule has 0 fully saturated rings. The number of rotatable bonds is 9. The van der Waals surface area contributed by atoms with E-state index in [-0.39, 0.29) is 0 Å². The Labute approximate surface area is 231 Å². The third-order valence-corrected chi connectivity index (χ3v) is 6.21. The number of anilines is 1. The maximum absolute atomic E-state index is 11.8. The lowest BCUT2D eigenvalue weighted by Crippen LogP contribution is -2.21. The van der Waals surface area contributed by atoms with Crippen molar-refractivity contribution < 1.29 is 37.5 Å². The van der Waals surface area contributed by atoms with Gasteiger partial charge in [0.25, 0.3) is 0 Å². The number of nitrogens with zero attached hydrogens (tertiary/aromatic N) is 3. The highest BCUT2D eigenvalue weighted by Crippen LogP contribution is 2.28. The van der Waals surface area contributed by atoms with Gasteiger partial charge in [-0.1, -0.05) is 34.4 Å². The van der Waals surface area contributed by atoms with Gasteiger partial charge in [-0.2, -0.15) is 18.2 Å². The molecule has 3 aromatic rings. The van der Waals surface area contributed by atoms with Crippen LogP contribution in [-0.2, 0) is 35.3 Å². The first-order valence-corrected chi connectivity index (χ1v) is 12.7. The van der Waals surface area contributed by atoms with E-state index in [9.17, 15) is 23.1 Å². The number of aryl methyl sites for hydroxylation is 4. The van der Waals surface area contributed by atoms with Crippen LogP contribution in [-0.4, -0.2) is 50.0 Å². The van der Waals surface area contributed by atoms with Gasteiger partial charge < -0.3 is 20.1 Å². The van der Waals surface area contributed by atoms with E-state index in [0.717, 1.165) is 43.7 Å². The Bertz CT molecular complexity index is 1280. The molecular weight excluding hydrogens is 564 g/mol. The van der Waals surface area contributed by atoms with E-state index >= 15 is 0 Å². The first kappa shape index (κ1) is 30.2. The van der Waals surface area contributed by atoms with Gasteiger partial charge in [-0.05, 0) is 67.5 Å². The first-order chi connectivity index (χ1) is 18.4. The molecule has 0 radical (unpaired) electrons. The monoisotopic (exact) mass is 588 g/mol. The van der Waals surface area contributed by atoms with Crippen molar-refractivity contribution in [1.29, 1.82) is 0 Å². The largest absolute Gasteiger partial charge is 0.490 e. The number of hydrogen-bond acceptors (Lipinski definition) is 7. The van der Waals surface area contributed by atoms with Crippen LogP contribution in [0.25, 0.3) is 0 Å². The summed E-state index contributed by atoms with van der Waals surface area (Å²) in [5.74, 6) is -2.42. The van der Waals surface area contributed by atoms with Crippen molar-refractivity contribution in [2.75, 3.05) is 11.9 Å². The van der Waals surface area contributed by atoms with Crippen LogP contribution in [0, 0.1) is 0 Å². The van der Waals surface area contributed by atoms with Crippen LogP contribution in [0.2, 0.25) is 10.0 Å². The molecule has 4 rings (SSSR count). The summed E-state index contributed by atoms with van der Waals surface area (Å²) in [6.45, 7) is 0.974. The number of aromatic nitrogens is 3. The van der Waals surface area contributed by atoms with Crippen molar-refractivity contribution in [1.82, 2.24) is 15.1 Å². The molecule has 0 amide bonds. The van der Waals surface area contributed by atoms with Crippen LogP contribution in [0.3, 0.4) is 0 Å². The summed E-state index contributed by atoms with van der Waals surface area (Å²) in [7, 11) is 0. The number of alkyl halides is 3. The van der Waals surface area contributed by atoms with Crippen molar-refractivity contribution >= 4 is 41.0 Å². The molecule has 0 spiro atoms. The van der Waals surface area contributed by atoms with Crippen LogP contribution >= 0.6 is 23.2 Å². The third-order valence-electron chi connectivity index (χ3n) is 5.77. The van der Waals surface area contributed by atoms with E-state index in [1.165, 1.54) is 5.56 Å². The minimum Gasteiger partial charge on any atom is -0.481 e. The highest BCUT2D eigenvalue weighted by atomic mass is 35.5. The Morgan fingerprint density at radius 1 is 1.05 bits per heavy atom. The molecule has 1 aliphatic rings. The van der Waals surface area contributed by atoms with Gasteiger partial charge >= 0.3 is 18.1 Å². The van der Waals surface area contributed by atoms with Crippen molar-refractivity contribution in [2.45, 2.75) is 57.0 Å². The number of carbonyl (C=O) groups is 2. The number of carboxylic acids is 2. The fourth-order valence-electron chi connectivity index (χ4n) is 3.91. The Morgan fingerprint density at radius 2 is 1.74 bits per heavy atom. The lowest BCUT2D eigenvalue weighted by atomic mass is 9.94. The number of pyridine rings is 1. The van der Waals surface area contributed by atoms with Gasteiger partial charge in [-0.25, -0.2) is 9.78 Å². The van der Waals surface area contributed by atoms with E-state index < -0.39 is 24.0 Å². The zero-order valence-electron chi connectivity index (χ0n) is 20.5. The van der Waals surface area contributed by atoms with Gasteiger partial charge in [-0.15, -0.1) is 0 Å². The number of nitrogens with one attached hydrogen (secondary N) is 1. The van der Waals surface area contributed by atoms with E-state index in [1.54, 1.807) is 18.2 Å². The Morgan fingerprint density at radius 3 is 2.38 bits per heavy atom. The summed E-state index contributed by atoms with van der Waals surface area (Å²) in [5.41, 5.74) is 2.88. The van der Waals surface area contributed by atoms with Gasteiger partial charge in [-0.3, -0.25) is 4.79 Å². The van der Waals surface area contributed by atoms with Gasteiger partial charge in [0.2, 0.25) is 5.89 Å². The lowest BCUT2D eigenvalue weighted by molar-refractivity contribution is -0.192. The standard InChI is InChI=1S/C23H24Cl2N4O3.C2HF3O2/c24-16-11-15(12-17(25)13-16)19(23(30)31)8-9-21-28-20(29-32-21)5-1-4-18-7-6-14-3-2-10-26-22(14)27-18;3-2(4,5)1(6)7/h6-7,11-13,19H,1-5,8-10H2,(H,26,27)(H,30,31);(H,6,7). The van der Waals surface area contributed by atoms with Crippen LogP contribution in [0.4, 0.5) is 19.0 Å². The van der Waals surface area contributed by atoms with E-state index in [0.29, 0.717) is 46.6 Å². The number of benzene rings is 1. The molecule has 0 saturated heterocycles. The number of aliphatic carboxylic acids is 2. The fourth-order valence-corrected chi connectivity index (χ4v) is 4.45. The molecular formula is C25H25Cl2F3N4O5. The van der Waals surface area contributed by atoms with Crippen LogP contribution in [0.15, 0.2) is 34.9 Å². The molecule has 1 atom stereocenters. The van der Waals surface area contributed by atoms with Crippen molar-refractivity contribution in [3.8, 4) is 0 Å². The van der Waals surface area contributed by atoms with Gasteiger partial charge in [0.05, 0.1) is 5.92 Å². The lowest BCUT2D eigenvalue weighted by Gasteiger charge is -2.17. The average molecular weight is 589 g/mol. The van der Waals surface area contributed by atoms with Crippen molar-refractivity contribution in [3.63, 3.8) is 0 Å². The maximum atomic E-state index is 11.8. The molecule has 1 aromatic carbocycles. The number of hydrogen-bond donors (Lipinski definition) is 3. The molecule has 9 nitrogen and oxygen atoms in total. The molecule has 2 aromatic heterocycles. The second kappa shape index (κ2) is 13.6. The molecule has 14 heteroatoms. The average Bonchev–Trinajstić information content (AvgIpc) is 3.31. The Balaban J connectivity index is 0.000000532. The van der Waals surface area contributed by atoms with Crippen LogP contribution in [0.1, 0.15) is 53.7 Å². The summed E-state index contributed by atoms with van der Waals surface area (Å²) < 4.78 is 37.1. The maximum Gasteiger partial charge on any atom is 0.490 e.